The summed E-state index contributed by atoms with van der Waals surface area (Å²) in [6, 6.07) is 7.20. The van der Waals surface area contributed by atoms with Crippen LogP contribution in [0.2, 0.25) is 0 Å². The maximum absolute atomic E-state index is 5.01. The van der Waals surface area contributed by atoms with Crippen LogP contribution in [0.3, 0.4) is 0 Å². The first kappa shape index (κ1) is 20.4. The van der Waals surface area contributed by atoms with E-state index in [-0.39, 0.29) is 5.54 Å². The molecule has 3 heteroatoms. The van der Waals surface area contributed by atoms with Gasteiger partial charge in [0.05, 0.1) is 13.2 Å². The molecular weight excluding hydrogens is 308 g/mol. The number of hydrogen-bond acceptors (Lipinski definition) is 3. The van der Waals surface area contributed by atoms with Gasteiger partial charge in [0.1, 0.15) is 0 Å². The second kappa shape index (κ2) is 10.3. The number of rotatable bonds is 4. The van der Waals surface area contributed by atoms with Crippen LogP contribution in [-0.4, -0.2) is 45.3 Å². The predicted octanol–water partition coefficient (Wildman–Crippen LogP) is 4.14. The van der Waals surface area contributed by atoms with E-state index in [0.717, 1.165) is 39.1 Å². The van der Waals surface area contributed by atoms with Gasteiger partial charge in [-0.15, -0.1) is 0 Å². The van der Waals surface area contributed by atoms with E-state index < -0.39 is 0 Å². The lowest BCUT2D eigenvalue weighted by molar-refractivity contribution is 0.0979. The number of benzene rings is 1. The molecular formula is C22H38N2O. The molecule has 3 rings (SSSR count). The molecule has 1 aromatic carbocycles. The van der Waals surface area contributed by atoms with Gasteiger partial charge in [-0.1, -0.05) is 51.3 Å². The number of nitrogens with one attached hydrogen (secondary N) is 1. The van der Waals surface area contributed by atoms with Gasteiger partial charge >= 0.3 is 0 Å². The van der Waals surface area contributed by atoms with E-state index in [2.05, 4.69) is 56.4 Å². The Morgan fingerprint density at radius 1 is 1.00 bits per heavy atom. The number of morpholine rings is 1. The number of ether oxygens (including phenoxy) is 1. The van der Waals surface area contributed by atoms with Gasteiger partial charge in [0.15, 0.2) is 0 Å². The molecule has 2 fully saturated rings. The summed E-state index contributed by atoms with van der Waals surface area (Å²) in [5.74, 6) is 0. The van der Waals surface area contributed by atoms with Gasteiger partial charge in [-0.3, -0.25) is 4.90 Å². The Morgan fingerprint density at radius 3 is 2.12 bits per heavy atom. The summed E-state index contributed by atoms with van der Waals surface area (Å²) < 4.78 is 5.01. The highest BCUT2D eigenvalue weighted by Gasteiger charge is 2.37. The van der Waals surface area contributed by atoms with Crippen molar-refractivity contribution in [2.45, 2.75) is 64.3 Å². The lowest BCUT2D eigenvalue weighted by Gasteiger charge is -2.44. The molecule has 0 unspecified atom stereocenters. The smallest absolute Gasteiger partial charge is 0.0591 e. The fraction of sp³-hybridized carbons (Fsp3) is 0.727. The lowest BCUT2D eigenvalue weighted by Crippen LogP contribution is -2.43. The van der Waals surface area contributed by atoms with Crippen LogP contribution in [-0.2, 0) is 23.1 Å². The molecule has 1 aliphatic heterocycles. The van der Waals surface area contributed by atoms with Crippen LogP contribution in [0.1, 0.15) is 62.6 Å². The Labute approximate surface area is 155 Å². The molecule has 1 saturated heterocycles. The van der Waals surface area contributed by atoms with E-state index in [9.17, 15) is 0 Å². The van der Waals surface area contributed by atoms with Crippen molar-refractivity contribution in [3.05, 3.63) is 34.9 Å². The van der Waals surface area contributed by atoms with Crippen molar-refractivity contribution >= 4 is 0 Å². The number of aryl methyl sites for hydroxylation is 2. The Bertz CT molecular complexity index is 491. The Kier molecular flexibility index (Phi) is 8.41. The van der Waals surface area contributed by atoms with Crippen LogP contribution >= 0.6 is 0 Å². The largest absolute Gasteiger partial charge is 0.379 e. The Morgan fingerprint density at radius 2 is 1.68 bits per heavy atom. The fourth-order valence-electron chi connectivity index (χ4n) is 4.22. The highest BCUT2D eigenvalue weighted by atomic mass is 16.5. The molecule has 3 nitrogen and oxygen atoms in total. The van der Waals surface area contributed by atoms with E-state index in [1.54, 1.807) is 11.1 Å². The third-order valence-corrected chi connectivity index (χ3v) is 5.84. The topological polar surface area (TPSA) is 24.5 Å². The van der Waals surface area contributed by atoms with Crippen LogP contribution < -0.4 is 5.32 Å². The summed E-state index contributed by atoms with van der Waals surface area (Å²) >= 11 is 0. The molecule has 142 valence electrons. The zero-order valence-electron chi connectivity index (χ0n) is 16.9. The summed E-state index contributed by atoms with van der Waals surface area (Å²) in [5, 5.41) is 3.16. The van der Waals surface area contributed by atoms with Crippen LogP contribution in [0, 0.1) is 0 Å². The molecule has 0 atom stereocenters. The zero-order valence-corrected chi connectivity index (χ0v) is 16.9. The zero-order chi connectivity index (χ0) is 18.1. The summed E-state index contributed by atoms with van der Waals surface area (Å²) in [6.07, 6.45) is 9.08. The van der Waals surface area contributed by atoms with E-state index in [0.29, 0.717) is 0 Å². The highest BCUT2D eigenvalue weighted by molar-refractivity contribution is 5.38. The maximum atomic E-state index is 5.01. The van der Waals surface area contributed by atoms with Crippen molar-refractivity contribution in [3.8, 4) is 0 Å². The van der Waals surface area contributed by atoms with Gasteiger partial charge in [-0.2, -0.15) is 0 Å². The fourth-order valence-corrected chi connectivity index (χ4v) is 4.22. The molecule has 1 saturated carbocycles. The first-order valence-electron chi connectivity index (χ1n) is 10.2. The summed E-state index contributed by atoms with van der Waals surface area (Å²) in [7, 11) is 4.52. The molecule has 1 heterocycles. The first-order valence-corrected chi connectivity index (χ1v) is 10.2. The van der Waals surface area contributed by atoms with Crippen LogP contribution in [0.15, 0.2) is 18.2 Å². The van der Waals surface area contributed by atoms with Crippen LogP contribution in [0.4, 0.5) is 0 Å². The summed E-state index contributed by atoms with van der Waals surface area (Å²) in [6.45, 7) is 8.38. The SMILES string of the molecule is C1COCCN1.CCc1ccc(C2(N(C)C)CCCCC2)c(CC)c1. The standard InChI is InChI=1S/C18H29N.C4H9NO/c1-5-15-10-11-17(16(6-2)14-15)18(19(3)4)12-8-7-9-13-18;1-3-6-4-2-5-1/h10-11,14H,5-9,12-13H2,1-4H3;5H,1-4H2. The monoisotopic (exact) mass is 346 g/mol. The number of hydrogen-bond donors (Lipinski definition) is 1. The second-order valence-electron chi connectivity index (χ2n) is 7.55. The molecule has 1 aliphatic carbocycles. The van der Waals surface area contributed by atoms with Crippen molar-refractivity contribution in [3.63, 3.8) is 0 Å². The minimum Gasteiger partial charge on any atom is -0.379 e. The molecule has 0 spiro atoms. The molecule has 0 radical (unpaired) electrons. The number of nitrogens with zero attached hydrogens (tertiary/aromatic N) is 1. The molecule has 1 N–H and O–H groups in total. The van der Waals surface area contributed by atoms with E-state index in [1.165, 1.54) is 37.7 Å². The summed E-state index contributed by atoms with van der Waals surface area (Å²) in [5.41, 5.74) is 4.92. The minimum absolute atomic E-state index is 0.288. The second-order valence-corrected chi connectivity index (χ2v) is 7.55. The maximum Gasteiger partial charge on any atom is 0.0591 e. The van der Waals surface area contributed by atoms with Crippen molar-refractivity contribution in [1.82, 2.24) is 10.2 Å². The Hall–Kier alpha value is -0.900. The highest BCUT2D eigenvalue weighted by Crippen LogP contribution is 2.42. The Balaban J connectivity index is 0.000000316. The third-order valence-electron chi connectivity index (χ3n) is 5.84. The predicted molar refractivity (Wildman–Crippen MR) is 107 cm³/mol. The van der Waals surface area contributed by atoms with Crippen LogP contribution in [0.5, 0.6) is 0 Å². The van der Waals surface area contributed by atoms with Gasteiger partial charge in [-0.05, 0) is 56.5 Å². The molecule has 25 heavy (non-hydrogen) atoms. The first-order chi connectivity index (χ1) is 12.1. The van der Waals surface area contributed by atoms with E-state index in [1.807, 2.05) is 0 Å². The van der Waals surface area contributed by atoms with Gasteiger partial charge < -0.3 is 10.1 Å². The quantitative estimate of drug-likeness (QED) is 0.887. The normalized spacial score (nSPS) is 20.0. The van der Waals surface area contributed by atoms with Crippen LogP contribution in [0.25, 0.3) is 0 Å². The molecule has 0 bridgehead atoms. The average molecular weight is 347 g/mol. The van der Waals surface area contributed by atoms with Gasteiger partial charge in [0.25, 0.3) is 0 Å². The average Bonchev–Trinajstić information content (AvgIpc) is 2.69. The molecule has 0 aromatic heterocycles. The lowest BCUT2D eigenvalue weighted by atomic mass is 9.73. The van der Waals surface area contributed by atoms with Crippen molar-refractivity contribution in [1.29, 1.82) is 0 Å². The third kappa shape index (κ3) is 5.29. The van der Waals surface area contributed by atoms with E-state index >= 15 is 0 Å². The van der Waals surface area contributed by atoms with Gasteiger partial charge in [-0.25, -0.2) is 0 Å². The van der Waals surface area contributed by atoms with Gasteiger partial charge in [0.2, 0.25) is 0 Å². The van der Waals surface area contributed by atoms with Crippen molar-refractivity contribution in [2.24, 2.45) is 0 Å². The molecule has 2 aliphatic rings. The van der Waals surface area contributed by atoms with E-state index in [4.69, 9.17) is 4.74 Å². The van der Waals surface area contributed by atoms with Gasteiger partial charge in [0, 0.05) is 18.6 Å². The molecule has 0 amide bonds. The van der Waals surface area contributed by atoms with Crippen molar-refractivity contribution in [2.75, 3.05) is 40.4 Å². The summed E-state index contributed by atoms with van der Waals surface area (Å²) in [4.78, 5) is 2.48. The molecule has 1 aromatic rings. The minimum atomic E-state index is 0.288. The van der Waals surface area contributed by atoms with Crippen molar-refractivity contribution < 1.29 is 4.74 Å².